The molecule has 0 aromatic rings. The fourth-order valence-electron chi connectivity index (χ4n) is 3.47. The molecule has 3 heterocycles. The van der Waals surface area contributed by atoms with Gasteiger partial charge in [-0.05, 0) is 7.05 Å². The van der Waals surface area contributed by atoms with E-state index >= 15 is 0 Å². The van der Waals surface area contributed by atoms with E-state index in [0.29, 0.717) is 38.4 Å². The zero-order valence-electron chi connectivity index (χ0n) is 13.8. The van der Waals surface area contributed by atoms with Gasteiger partial charge in [0.2, 0.25) is 0 Å². The molecule has 0 aliphatic carbocycles. The lowest BCUT2D eigenvalue weighted by atomic mass is 10.1. The van der Waals surface area contributed by atoms with Crippen molar-refractivity contribution in [2.75, 3.05) is 72.5 Å². The van der Waals surface area contributed by atoms with Crippen LogP contribution in [0.2, 0.25) is 0 Å². The van der Waals surface area contributed by atoms with Gasteiger partial charge in [0.05, 0.1) is 11.7 Å². The fourth-order valence-corrected chi connectivity index (χ4v) is 3.47. The number of rotatable bonds is 1. The van der Waals surface area contributed by atoms with E-state index in [0.717, 1.165) is 26.2 Å². The van der Waals surface area contributed by atoms with E-state index in [-0.39, 0.29) is 24.4 Å². The standard InChI is InChI=1S/C15H27FN6O/c1-19-2-4-21(5-3-19)15(23)22-8-6-20(7-9-22)14-12(16)10-18-11-13(14)17/h13,18H,2-11,17H2,1H3. The summed E-state index contributed by atoms with van der Waals surface area (Å²) in [6.07, 6.45) is 0. The van der Waals surface area contributed by atoms with Crippen LogP contribution in [0.25, 0.3) is 0 Å². The van der Waals surface area contributed by atoms with E-state index in [4.69, 9.17) is 5.73 Å². The van der Waals surface area contributed by atoms with E-state index in [9.17, 15) is 9.18 Å². The molecule has 1 atom stereocenters. The maximum atomic E-state index is 14.1. The Morgan fingerprint density at radius 1 is 1.09 bits per heavy atom. The van der Waals surface area contributed by atoms with Crippen molar-refractivity contribution in [3.05, 3.63) is 11.5 Å². The van der Waals surface area contributed by atoms with Crippen LogP contribution < -0.4 is 11.1 Å². The molecule has 0 bridgehead atoms. The third kappa shape index (κ3) is 3.59. The molecule has 0 aromatic carbocycles. The molecule has 2 saturated heterocycles. The molecule has 8 heteroatoms. The molecule has 23 heavy (non-hydrogen) atoms. The summed E-state index contributed by atoms with van der Waals surface area (Å²) in [4.78, 5) is 20.6. The topological polar surface area (TPSA) is 68.1 Å². The molecule has 130 valence electrons. The molecule has 3 aliphatic rings. The van der Waals surface area contributed by atoms with Crippen molar-refractivity contribution in [3.8, 4) is 0 Å². The number of amides is 2. The second-order valence-electron chi connectivity index (χ2n) is 6.57. The van der Waals surface area contributed by atoms with Gasteiger partial charge in [0.1, 0.15) is 5.83 Å². The van der Waals surface area contributed by atoms with Gasteiger partial charge in [-0.3, -0.25) is 0 Å². The van der Waals surface area contributed by atoms with Crippen molar-refractivity contribution in [2.24, 2.45) is 5.73 Å². The Bertz CT molecular complexity index is 469. The van der Waals surface area contributed by atoms with Crippen molar-refractivity contribution in [1.82, 2.24) is 24.9 Å². The van der Waals surface area contributed by atoms with Crippen molar-refractivity contribution in [2.45, 2.75) is 6.04 Å². The summed E-state index contributed by atoms with van der Waals surface area (Å²) in [5.41, 5.74) is 6.65. The van der Waals surface area contributed by atoms with Gasteiger partial charge in [0.25, 0.3) is 0 Å². The lowest BCUT2D eigenvalue weighted by Gasteiger charge is -2.42. The summed E-state index contributed by atoms with van der Waals surface area (Å²) < 4.78 is 14.1. The van der Waals surface area contributed by atoms with Crippen LogP contribution in [-0.4, -0.2) is 104 Å². The van der Waals surface area contributed by atoms with Crippen molar-refractivity contribution < 1.29 is 9.18 Å². The van der Waals surface area contributed by atoms with Gasteiger partial charge in [-0.1, -0.05) is 0 Å². The molecule has 0 aromatic heterocycles. The highest BCUT2D eigenvalue weighted by molar-refractivity contribution is 5.74. The number of nitrogens with one attached hydrogen (secondary N) is 1. The van der Waals surface area contributed by atoms with Crippen LogP contribution in [-0.2, 0) is 0 Å². The Morgan fingerprint density at radius 2 is 1.65 bits per heavy atom. The Labute approximate surface area is 136 Å². The van der Waals surface area contributed by atoms with Gasteiger partial charge in [-0.15, -0.1) is 0 Å². The van der Waals surface area contributed by atoms with Crippen LogP contribution in [0.3, 0.4) is 0 Å². The number of hydrogen-bond donors (Lipinski definition) is 2. The molecule has 2 fully saturated rings. The third-order valence-electron chi connectivity index (χ3n) is 4.94. The number of likely N-dealkylation sites (N-methyl/N-ethyl adjacent to an activating group) is 1. The lowest BCUT2D eigenvalue weighted by Crippen LogP contribution is -2.57. The molecule has 2 amide bonds. The van der Waals surface area contributed by atoms with Crippen molar-refractivity contribution in [1.29, 1.82) is 0 Å². The van der Waals surface area contributed by atoms with Crippen LogP contribution >= 0.6 is 0 Å². The minimum atomic E-state index is -0.302. The average Bonchev–Trinajstić information content (AvgIpc) is 2.55. The van der Waals surface area contributed by atoms with Gasteiger partial charge in [-0.2, -0.15) is 0 Å². The Morgan fingerprint density at radius 3 is 2.22 bits per heavy atom. The molecule has 3 aliphatic heterocycles. The largest absolute Gasteiger partial charge is 0.368 e. The van der Waals surface area contributed by atoms with Crippen LogP contribution in [0.1, 0.15) is 0 Å². The average molecular weight is 326 g/mol. The second kappa shape index (κ2) is 7.02. The normalized spacial score (nSPS) is 27.6. The highest BCUT2D eigenvalue weighted by atomic mass is 19.1. The van der Waals surface area contributed by atoms with Crippen molar-refractivity contribution >= 4 is 6.03 Å². The first-order valence-electron chi connectivity index (χ1n) is 8.38. The molecule has 0 spiro atoms. The summed E-state index contributed by atoms with van der Waals surface area (Å²) in [6.45, 7) is 6.82. The monoisotopic (exact) mass is 326 g/mol. The number of nitrogens with zero attached hydrogens (tertiary/aromatic N) is 4. The molecule has 0 radical (unpaired) electrons. The van der Waals surface area contributed by atoms with Crippen LogP contribution in [0.5, 0.6) is 0 Å². The molecule has 1 unspecified atom stereocenters. The Hall–Kier alpha value is -1.38. The number of nitrogens with two attached hydrogens (primary N) is 1. The number of carbonyl (C=O) groups is 1. The van der Waals surface area contributed by atoms with Crippen LogP contribution in [0.15, 0.2) is 11.5 Å². The number of urea groups is 1. The number of halogens is 1. The van der Waals surface area contributed by atoms with E-state index in [1.165, 1.54) is 0 Å². The van der Waals surface area contributed by atoms with E-state index in [2.05, 4.69) is 17.3 Å². The maximum absolute atomic E-state index is 14.1. The molecule has 0 saturated carbocycles. The fraction of sp³-hybridized carbons (Fsp3) is 0.800. The second-order valence-corrected chi connectivity index (χ2v) is 6.57. The number of hydrogen-bond acceptors (Lipinski definition) is 5. The predicted octanol–water partition coefficient (Wildman–Crippen LogP) is -0.917. The third-order valence-corrected chi connectivity index (χ3v) is 4.94. The Kier molecular flexibility index (Phi) is 5.03. The first kappa shape index (κ1) is 16.5. The maximum Gasteiger partial charge on any atom is 0.320 e. The first-order valence-corrected chi connectivity index (χ1v) is 8.38. The van der Waals surface area contributed by atoms with Crippen LogP contribution in [0.4, 0.5) is 9.18 Å². The Balaban J connectivity index is 1.55. The van der Waals surface area contributed by atoms with Gasteiger partial charge >= 0.3 is 6.03 Å². The molecular weight excluding hydrogens is 299 g/mol. The number of carbonyl (C=O) groups excluding carboxylic acids is 1. The number of piperazine rings is 2. The summed E-state index contributed by atoms with van der Waals surface area (Å²) >= 11 is 0. The summed E-state index contributed by atoms with van der Waals surface area (Å²) in [5, 5.41) is 2.97. The molecular formula is C15H27FN6O. The quantitative estimate of drug-likeness (QED) is 0.653. The predicted molar refractivity (Wildman–Crippen MR) is 86.6 cm³/mol. The summed E-state index contributed by atoms with van der Waals surface area (Å²) in [5.74, 6) is -0.164. The highest BCUT2D eigenvalue weighted by Crippen LogP contribution is 2.20. The van der Waals surface area contributed by atoms with E-state index in [1.54, 1.807) is 0 Å². The van der Waals surface area contributed by atoms with Gasteiger partial charge in [0.15, 0.2) is 0 Å². The highest BCUT2D eigenvalue weighted by Gasteiger charge is 2.31. The molecule has 7 nitrogen and oxygen atoms in total. The molecule has 3 N–H and O–H groups in total. The smallest absolute Gasteiger partial charge is 0.320 e. The zero-order chi connectivity index (χ0) is 16.4. The lowest BCUT2D eigenvalue weighted by molar-refractivity contribution is 0.101. The summed E-state index contributed by atoms with van der Waals surface area (Å²) in [6, 6.07) is -0.189. The van der Waals surface area contributed by atoms with Crippen LogP contribution in [0, 0.1) is 0 Å². The zero-order valence-corrected chi connectivity index (χ0v) is 13.8. The van der Waals surface area contributed by atoms with E-state index < -0.39 is 0 Å². The van der Waals surface area contributed by atoms with Gasteiger partial charge in [-0.25, -0.2) is 9.18 Å². The van der Waals surface area contributed by atoms with E-state index in [1.807, 2.05) is 14.7 Å². The minimum absolute atomic E-state index is 0.113. The molecule has 3 rings (SSSR count). The van der Waals surface area contributed by atoms with Crippen molar-refractivity contribution in [3.63, 3.8) is 0 Å². The first-order chi connectivity index (χ1) is 11.1. The van der Waals surface area contributed by atoms with Gasteiger partial charge in [0, 0.05) is 65.4 Å². The summed E-state index contributed by atoms with van der Waals surface area (Å²) in [7, 11) is 2.07. The SMILES string of the molecule is CN1CCN(C(=O)N2CCN(C3=C(F)CNCC3N)CC2)CC1. The van der Waals surface area contributed by atoms with Gasteiger partial charge < -0.3 is 30.7 Å². The minimum Gasteiger partial charge on any atom is -0.368 e.